The van der Waals surface area contributed by atoms with Crippen LogP contribution >= 0.6 is 0 Å². The molecule has 2 aliphatic heterocycles. The highest BCUT2D eigenvalue weighted by molar-refractivity contribution is 5.36. The second kappa shape index (κ2) is 3.42. The summed E-state index contributed by atoms with van der Waals surface area (Å²) in [4.78, 5) is 11.7. The van der Waals surface area contributed by atoms with Crippen molar-refractivity contribution in [3.05, 3.63) is 17.5 Å². The van der Waals surface area contributed by atoms with Crippen molar-refractivity contribution in [1.29, 1.82) is 0 Å². The van der Waals surface area contributed by atoms with E-state index < -0.39 is 0 Å². The normalized spacial score (nSPS) is 31.4. The Morgan fingerprint density at radius 1 is 1.29 bits per heavy atom. The number of rotatable bonds is 2. The lowest BCUT2D eigenvalue weighted by molar-refractivity contribution is 0.221. The van der Waals surface area contributed by atoms with E-state index in [9.17, 15) is 0 Å². The van der Waals surface area contributed by atoms with E-state index in [4.69, 9.17) is 4.98 Å². The van der Waals surface area contributed by atoms with Crippen molar-refractivity contribution in [1.82, 2.24) is 14.9 Å². The van der Waals surface area contributed by atoms with Crippen molar-refractivity contribution in [2.45, 2.75) is 50.2 Å². The van der Waals surface area contributed by atoms with Crippen molar-refractivity contribution in [2.24, 2.45) is 0 Å². The first-order valence-electron chi connectivity index (χ1n) is 6.65. The van der Waals surface area contributed by atoms with Crippen molar-refractivity contribution in [3.63, 3.8) is 0 Å². The van der Waals surface area contributed by atoms with Gasteiger partial charge in [0, 0.05) is 36.3 Å². The minimum Gasteiger partial charge on any atom is -0.351 e. The topological polar surface area (TPSA) is 41.1 Å². The number of anilines is 1. The van der Waals surface area contributed by atoms with Crippen LogP contribution in [-0.2, 0) is 6.42 Å². The van der Waals surface area contributed by atoms with Crippen molar-refractivity contribution >= 4 is 5.95 Å². The predicted molar refractivity (Wildman–Crippen MR) is 65.9 cm³/mol. The molecule has 0 spiro atoms. The maximum absolute atomic E-state index is 4.72. The molecule has 1 aromatic heterocycles. The third-order valence-corrected chi connectivity index (χ3v) is 4.44. The smallest absolute Gasteiger partial charge is 0.223 e. The minimum atomic E-state index is 0.568. The summed E-state index contributed by atoms with van der Waals surface area (Å²) in [5.41, 5.74) is 2.65. The van der Waals surface area contributed by atoms with Gasteiger partial charge in [-0.2, -0.15) is 0 Å². The summed E-state index contributed by atoms with van der Waals surface area (Å²) in [7, 11) is 2.24. The number of likely N-dealkylation sites (N-methyl/N-ethyl adjacent to an activating group) is 1. The number of nitrogens with one attached hydrogen (secondary N) is 1. The van der Waals surface area contributed by atoms with E-state index in [0.29, 0.717) is 18.1 Å². The van der Waals surface area contributed by atoms with E-state index in [1.54, 1.807) is 0 Å². The lowest BCUT2D eigenvalue weighted by Crippen LogP contribution is -2.35. The molecule has 2 unspecified atom stereocenters. The van der Waals surface area contributed by atoms with E-state index >= 15 is 0 Å². The molecule has 0 aromatic carbocycles. The highest BCUT2D eigenvalue weighted by atomic mass is 15.2. The van der Waals surface area contributed by atoms with Crippen LogP contribution in [0.1, 0.15) is 43.0 Å². The Morgan fingerprint density at radius 3 is 3.00 bits per heavy atom. The molecule has 1 saturated heterocycles. The van der Waals surface area contributed by atoms with E-state index in [1.165, 1.54) is 36.9 Å². The first-order valence-corrected chi connectivity index (χ1v) is 6.65. The lowest BCUT2D eigenvalue weighted by Gasteiger charge is -2.32. The van der Waals surface area contributed by atoms with Gasteiger partial charge in [0.1, 0.15) is 0 Å². The number of fused-ring (bicyclic) bond motifs is 4. The standard InChI is InChI=1S/C13H18N4/c1-17-9-4-5-12(17)10-7-14-13(15-8-2-3-8)16-11(10)6-9/h7-9,12H,2-6H2,1H3,(H,14,15,16). The summed E-state index contributed by atoms with van der Waals surface area (Å²) in [6.45, 7) is 0. The predicted octanol–water partition coefficient (Wildman–Crippen LogP) is 1.74. The van der Waals surface area contributed by atoms with E-state index in [2.05, 4.69) is 28.4 Å². The Hall–Kier alpha value is -1.16. The van der Waals surface area contributed by atoms with Crippen LogP contribution in [0.3, 0.4) is 0 Å². The Morgan fingerprint density at radius 2 is 2.18 bits per heavy atom. The number of nitrogens with zero attached hydrogens (tertiary/aromatic N) is 3. The zero-order valence-electron chi connectivity index (χ0n) is 10.2. The summed E-state index contributed by atoms with van der Waals surface area (Å²) in [6.07, 6.45) is 8.28. The molecular weight excluding hydrogens is 212 g/mol. The molecular formula is C13H18N4. The molecule has 1 N–H and O–H groups in total. The second-order valence-corrected chi connectivity index (χ2v) is 5.63. The summed E-state index contributed by atoms with van der Waals surface area (Å²) in [5, 5.41) is 3.39. The Balaban J connectivity index is 1.68. The molecule has 2 fully saturated rings. The van der Waals surface area contributed by atoms with Crippen LogP contribution in [-0.4, -0.2) is 34.0 Å². The number of hydrogen-bond donors (Lipinski definition) is 1. The summed E-state index contributed by atoms with van der Waals surface area (Å²) >= 11 is 0. The fourth-order valence-electron chi connectivity index (χ4n) is 3.20. The van der Waals surface area contributed by atoms with Gasteiger partial charge in [-0.3, -0.25) is 4.90 Å². The van der Waals surface area contributed by atoms with Gasteiger partial charge in [0.25, 0.3) is 0 Å². The first-order chi connectivity index (χ1) is 8.31. The summed E-state index contributed by atoms with van der Waals surface area (Å²) in [6, 6.07) is 1.91. The third kappa shape index (κ3) is 1.54. The van der Waals surface area contributed by atoms with Gasteiger partial charge >= 0.3 is 0 Å². The van der Waals surface area contributed by atoms with Crippen LogP contribution in [0.2, 0.25) is 0 Å². The molecule has 4 nitrogen and oxygen atoms in total. The zero-order valence-corrected chi connectivity index (χ0v) is 10.2. The van der Waals surface area contributed by atoms with Crippen LogP contribution in [0, 0.1) is 0 Å². The van der Waals surface area contributed by atoms with Crippen molar-refractivity contribution in [2.75, 3.05) is 12.4 Å². The van der Waals surface area contributed by atoms with Gasteiger partial charge in [0.15, 0.2) is 0 Å². The average Bonchev–Trinajstić information content (AvgIpc) is 3.08. The highest BCUT2D eigenvalue weighted by Crippen LogP contribution is 2.41. The summed E-state index contributed by atoms with van der Waals surface area (Å²) in [5.74, 6) is 0.843. The van der Waals surface area contributed by atoms with Gasteiger partial charge in [-0.05, 0) is 32.7 Å². The molecule has 3 heterocycles. The summed E-state index contributed by atoms with van der Waals surface area (Å²) < 4.78 is 0. The van der Waals surface area contributed by atoms with Gasteiger partial charge in [-0.1, -0.05) is 0 Å². The molecule has 1 saturated carbocycles. The average molecular weight is 230 g/mol. The van der Waals surface area contributed by atoms with Crippen LogP contribution < -0.4 is 5.32 Å². The second-order valence-electron chi connectivity index (χ2n) is 5.63. The van der Waals surface area contributed by atoms with Crippen LogP contribution in [0.25, 0.3) is 0 Å². The fraction of sp³-hybridized carbons (Fsp3) is 0.692. The molecule has 4 rings (SSSR count). The fourth-order valence-corrected chi connectivity index (χ4v) is 3.20. The quantitative estimate of drug-likeness (QED) is 0.840. The molecule has 2 atom stereocenters. The van der Waals surface area contributed by atoms with Crippen LogP contribution in [0.5, 0.6) is 0 Å². The molecule has 17 heavy (non-hydrogen) atoms. The number of hydrogen-bond acceptors (Lipinski definition) is 4. The number of aromatic nitrogens is 2. The van der Waals surface area contributed by atoms with E-state index in [-0.39, 0.29) is 0 Å². The molecule has 0 radical (unpaired) electrons. The Kier molecular flexibility index (Phi) is 1.98. The molecule has 90 valence electrons. The van der Waals surface area contributed by atoms with Gasteiger partial charge < -0.3 is 5.32 Å². The van der Waals surface area contributed by atoms with E-state index in [1.807, 2.05) is 0 Å². The largest absolute Gasteiger partial charge is 0.351 e. The van der Waals surface area contributed by atoms with Crippen molar-refractivity contribution < 1.29 is 0 Å². The van der Waals surface area contributed by atoms with Crippen molar-refractivity contribution in [3.8, 4) is 0 Å². The molecule has 0 amide bonds. The highest BCUT2D eigenvalue weighted by Gasteiger charge is 2.38. The third-order valence-electron chi connectivity index (χ3n) is 4.44. The van der Waals surface area contributed by atoms with Crippen LogP contribution in [0.4, 0.5) is 5.95 Å². The molecule has 1 aromatic rings. The Labute approximate surface area is 101 Å². The molecule has 1 aliphatic carbocycles. The zero-order chi connectivity index (χ0) is 11.4. The molecule has 2 bridgehead atoms. The minimum absolute atomic E-state index is 0.568. The SMILES string of the molecule is CN1C2CCC1c1cnc(NC3CC3)nc1C2. The monoisotopic (exact) mass is 230 g/mol. The van der Waals surface area contributed by atoms with E-state index in [0.717, 1.165) is 12.4 Å². The Bertz CT molecular complexity index is 455. The van der Waals surface area contributed by atoms with Gasteiger partial charge in [0.05, 0.1) is 5.69 Å². The molecule has 3 aliphatic rings. The lowest BCUT2D eigenvalue weighted by atomic mass is 10.0. The van der Waals surface area contributed by atoms with Gasteiger partial charge in [-0.15, -0.1) is 0 Å². The van der Waals surface area contributed by atoms with Gasteiger partial charge in [0.2, 0.25) is 5.95 Å². The van der Waals surface area contributed by atoms with Crippen LogP contribution in [0.15, 0.2) is 6.20 Å². The van der Waals surface area contributed by atoms with Gasteiger partial charge in [-0.25, -0.2) is 9.97 Å². The maximum atomic E-state index is 4.72. The maximum Gasteiger partial charge on any atom is 0.223 e. The molecule has 4 heteroatoms. The first kappa shape index (κ1) is 9.83.